The van der Waals surface area contributed by atoms with Crippen LogP contribution in [0.25, 0.3) is 0 Å². The predicted octanol–water partition coefficient (Wildman–Crippen LogP) is 3.18. The molecule has 0 saturated carbocycles. The zero-order valence-electron chi connectivity index (χ0n) is 13.2. The monoisotopic (exact) mass is 377 g/mol. The standard InChI is InChI=1S/C18H20BrNO3/c1-18(22,11-13-3-9-16(23-2)10-4-13)12-20-17(21)14-5-7-15(19)8-6-14/h3-10,22H,11-12H2,1-2H3,(H,20,21). The molecule has 0 bridgehead atoms. The van der Waals surface area contributed by atoms with E-state index in [1.54, 1.807) is 26.2 Å². The summed E-state index contributed by atoms with van der Waals surface area (Å²) in [5, 5.41) is 13.3. The number of hydrogen-bond acceptors (Lipinski definition) is 3. The molecule has 0 saturated heterocycles. The summed E-state index contributed by atoms with van der Waals surface area (Å²) in [6.45, 7) is 1.88. The second-order valence-electron chi connectivity index (χ2n) is 5.71. The summed E-state index contributed by atoms with van der Waals surface area (Å²) in [5.74, 6) is 0.574. The summed E-state index contributed by atoms with van der Waals surface area (Å²) < 4.78 is 6.03. The maximum absolute atomic E-state index is 12.1. The van der Waals surface area contributed by atoms with Crippen LogP contribution in [0.2, 0.25) is 0 Å². The third-order valence-electron chi connectivity index (χ3n) is 3.48. The molecule has 2 aromatic rings. The Morgan fingerprint density at radius 2 is 1.78 bits per heavy atom. The molecule has 1 amide bonds. The first-order valence-electron chi connectivity index (χ1n) is 7.29. The van der Waals surface area contributed by atoms with Gasteiger partial charge in [0.2, 0.25) is 0 Å². The molecule has 2 aromatic carbocycles. The van der Waals surface area contributed by atoms with Crippen molar-refractivity contribution in [3.63, 3.8) is 0 Å². The number of benzene rings is 2. The third kappa shape index (κ3) is 5.37. The molecule has 0 radical (unpaired) electrons. The minimum Gasteiger partial charge on any atom is -0.497 e. The van der Waals surface area contributed by atoms with Gasteiger partial charge < -0.3 is 15.2 Å². The molecule has 5 heteroatoms. The van der Waals surface area contributed by atoms with E-state index in [0.29, 0.717) is 12.0 Å². The second-order valence-corrected chi connectivity index (χ2v) is 6.63. The Balaban J connectivity index is 1.92. The molecule has 23 heavy (non-hydrogen) atoms. The van der Waals surface area contributed by atoms with Crippen molar-refractivity contribution < 1.29 is 14.6 Å². The highest BCUT2D eigenvalue weighted by Gasteiger charge is 2.22. The summed E-state index contributed by atoms with van der Waals surface area (Å²) in [6.07, 6.45) is 0.442. The quantitative estimate of drug-likeness (QED) is 0.812. The van der Waals surface area contributed by atoms with Crippen molar-refractivity contribution >= 4 is 21.8 Å². The molecular weight excluding hydrogens is 358 g/mol. The fourth-order valence-electron chi connectivity index (χ4n) is 2.22. The van der Waals surface area contributed by atoms with Crippen LogP contribution in [0.5, 0.6) is 5.75 Å². The molecule has 0 aromatic heterocycles. The second kappa shape index (κ2) is 7.62. The molecule has 2 rings (SSSR count). The lowest BCUT2D eigenvalue weighted by molar-refractivity contribution is 0.0552. The van der Waals surface area contributed by atoms with Gasteiger partial charge in [0.1, 0.15) is 5.75 Å². The van der Waals surface area contributed by atoms with E-state index in [-0.39, 0.29) is 12.5 Å². The zero-order valence-corrected chi connectivity index (χ0v) is 14.8. The minimum absolute atomic E-state index is 0.175. The lowest BCUT2D eigenvalue weighted by Gasteiger charge is -2.24. The summed E-state index contributed by atoms with van der Waals surface area (Å²) in [4.78, 5) is 12.1. The van der Waals surface area contributed by atoms with Crippen LogP contribution in [0.4, 0.5) is 0 Å². The third-order valence-corrected chi connectivity index (χ3v) is 4.01. The Hall–Kier alpha value is -1.85. The van der Waals surface area contributed by atoms with E-state index in [1.807, 2.05) is 36.4 Å². The van der Waals surface area contributed by atoms with Crippen molar-refractivity contribution in [2.75, 3.05) is 13.7 Å². The van der Waals surface area contributed by atoms with Crippen LogP contribution in [0.3, 0.4) is 0 Å². The number of aliphatic hydroxyl groups is 1. The first kappa shape index (κ1) is 17.5. The Labute approximate surface area is 144 Å². The molecule has 2 N–H and O–H groups in total. The van der Waals surface area contributed by atoms with Gasteiger partial charge in [-0.25, -0.2) is 0 Å². The average molecular weight is 378 g/mol. The highest BCUT2D eigenvalue weighted by molar-refractivity contribution is 9.10. The Morgan fingerprint density at radius 1 is 1.17 bits per heavy atom. The van der Waals surface area contributed by atoms with Crippen LogP contribution in [-0.4, -0.2) is 30.3 Å². The molecule has 0 fully saturated rings. The average Bonchev–Trinajstić information content (AvgIpc) is 2.54. The van der Waals surface area contributed by atoms with E-state index in [9.17, 15) is 9.90 Å². The van der Waals surface area contributed by atoms with E-state index >= 15 is 0 Å². The first-order valence-corrected chi connectivity index (χ1v) is 8.08. The van der Waals surface area contributed by atoms with Crippen LogP contribution in [0.15, 0.2) is 53.0 Å². The van der Waals surface area contributed by atoms with E-state index in [4.69, 9.17) is 4.74 Å². The van der Waals surface area contributed by atoms with Crippen molar-refractivity contribution in [3.05, 3.63) is 64.1 Å². The summed E-state index contributed by atoms with van der Waals surface area (Å²) in [6, 6.07) is 14.6. The zero-order chi connectivity index (χ0) is 16.9. The van der Waals surface area contributed by atoms with Crippen LogP contribution in [-0.2, 0) is 6.42 Å². The van der Waals surface area contributed by atoms with Gasteiger partial charge in [0.25, 0.3) is 5.91 Å². The smallest absolute Gasteiger partial charge is 0.251 e. The Morgan fingerprint density at radius 3 is 2.35 bits per heavy atom. The highest BCUT2D eigenvalue weighted by Crippen LogP contribution is 2.17. The van der Waals surface area contributed by atoms with Gasteiger partial charge in [-0.3, -0.25) is 4.79 Å². The van der Waals surface area contributed by atoms with E-state index < -0.39 is 5.60 Å². The molecule has 0 aliphatic carbocycles. The highest BCUT2D eigenvalue weighted by atomic mass is 79.9. The van der Waals surface area contributed by atoms with Crippen molar-refractivity contribution in [2.45, 2.75) is 18.9 Å². The molecule has 1 unspecified atom stereocenters. The van der Waals surface area contributed by atoms with Gasteiger partial charge in [-0.2, -0.15) is 0 Å². The summed E-state index contributed by atoms with van der Waals surface area (Å²) in [5.41, 5.74) is 0.515. The number of carbonyl (C=O) groups is 1. The van der Waals surface area contributed by atoms with Crippen LogP contribution in [0.1, 0.15) is 22.8 Å². The largest absolute Gasteiger partial charge is 0.497 e. The van der Waals surface area contributed by atoms with E-state index in [2.05, 4.69) is 21.2 Å². The van der Waals surface area contributed by atoms with Crippen molar-refractivity contribution in [3.8, 4) is 5.75 Å². The van der Waals surface area contributed by atoms with Gasteiger partial charge in [0.05, 0.1) is 12.7 Å². The summed E-state index contributed by atoms with van der Waals surface area (Å²) in [7, 11) is 1.61. The van der Waals surface area contributed by atoms with Crippen molar-refractivity contribution in [1.29, 1.82) is 0 Å². The fraction of sp³-hybridized carbons (Fsp3) is 0.278. The molecule has 4 nitrogen and oxygen atoms in total. The maximum atomic E-state index is 12.1. The van der Waals surface area contributed by atoms with Gasteiger partial charge in [-0.1, -0.05) is 28.1 Å². The number of nitrogens with one attached hydrogen (secondary N) is 1. The first-order chi connectivity index (χ1) is 10.9. The lowest BCUT2D eigenvalue weighted by atomic mass is 9.96. The molecule has 122 valence electrons. The SMILES string of the molecule is COc1ccc(CC(C)(O)CNC(=O)c2ccc(Br)cc2)cc1. The number of halogens is 1. The number of rotatable bonds is 6. The molecule has 0 aliphatic heterocycles. The van der Waals surface area contributed by atoms with Crippen molar-refractivity contribution in [2.24, 2.45) is 0 Å². The number of amides is 1. The summed E-state index contributed by atoms with van der Waals surface area (Å²) >= 11 is 3.33. The number of methoxy groups -OCH3 is 1. The molecule has 0 spiro atoms. The van der Waals surface area contributed by atoms with E-state index in [0.717, 1.165) is 15.8 Å². The Kier molecular flexibility index (Phi) is 5.80. The number of carbonyl (C=O) groups excluding carboxylic acids is 1. The van der Waals surface area contributed by atoms with Gasteiger partial charge in [0.15, 0.2) is 0 Å². The maximum Gasteiger partial charge on any atom is 0.251 e. The molecular formula is C18H20BrNO3. The topological polar surface area (TPSA) is 58.6 Å². The van der Waals surface area contributed by atoms with Gasteiger partial charge >= 0.3 is 0 Å². The van der Waals surface area contributed by atoms with Gasteiger partial charge in [-0.15, -0.1) is 0 Å². The minimum atomic E-state index is -1.03. The van der Waals surface area contributed by atoms with Crippen LogP contribution in [0, 0.1) is 0 Å². The van der Waals surface area contributed by atoms with Crippen LogP contribution < -0.4 is 10.1 Å². The molecule has 0 aliphatic rings. The van der Waals surface area contributed by atoms with Crippen molar-refractivity contribution in [1.82, 2.24) is 5.32 Å². The predicted molar refractivity (Wildman–Crippen MR) is 93.8 cm³/mol. The number of hydrogen-bond donors (Lipinski definition) is 2. The Bertz CT molecular complexity index is 651. The van der Waals surface area contributed by atoms with Gasteiger partial charge in [0, 0.05) is 23.0 Å². The molecule has 1 atom stereocenters. The number of ether oxygens (including phenoxy) is 1. The lowest BCUT2D eigenvalue weighted by Crippen LogP contribution is -2.42. The fourth-order valence-corrected chi connectivity index (χ4v) is 2.48. The van der Waals surface area contributed by atoms with Gasteiger partial charge in [-0.05, 0) is 48.9 Å². The molecule has 0 heterocycles. The normalized spacial score (nSPS) is 13.2. The van der Waals surface area contributed by atoms with E-state index in [1.165, 1.54) is 0 Å². The van der Waals surface area contributed by atoms with Crippen LogP contribution >= 0.6 is 15.9 Å².